The first kappa shape index (κ1) is 18.1. The molecule has 4 nitrogen and oxygen atoms in total. The molecule has 2 N–H and O–H groups in total. The van der Waals surface area contributed by atoms with E-state index in [1.165, 1.54) is 0 Å². The first-order valence-corrected chi connectivity index (χ1v) is 9.09. The van der Waals surface area contributed by atoms with Gasteiger partial charge in [-0.3, -0.25) is 4.79 Å². The van der Waals surface area contributed by atoms with Crippen molar-refractivity contribution in [1.82, 2.24) is 10.6 Å². The third-order valence-electron chi connectivity index (χ3n) is 2.10. The second-order valence-electron chi connectivity index (χ2n) is 3.65. The van der Waals surface area contributed by atoms with E-state index in [1.807, 2.05) is 17.7 Å². The number of nitrogens with one attached hydrogen (secondary N) is 2. The molecule has 0 saturated heterocycles. The molecule has 0 aromatic heterocycles. The Morgan fingerprint density at radius 2 is 1.94 bits per heavy atom. The van der Waals surface area contributed by atoms with Crippen LogP contribution in [0.1, 0.15) is 26.7 Å². The maximum atomic E-state index is 11.4. The fraction of sp³-hybridized carbons (Fsp3) is 0.917. The van der Waals surface area contributed by atoms with E-state index in [0.29, 0.717) is 6.42 Å². The number of rotatable bonds is 13. The van der Waals surface area contributed by atoms with Gasteiger partial charge in [-0.15, -0.1) is 0 Å². The van der Waals surface area contributed by atoms with Crippen LogP contribution in [0.25, 0.3) is 0 Å². The Bertz CT molecular complexity index is 195. The highest BCUT2D eigenvalue weighted by molar-refractivity contribution is 8.76. The van der Waals surface area contributed by atoms with Crippen molar-refractivity contribution in [2.45, 2.75) is 26.7 Å². The molecule has 108 valence electrons. The molecule has 0 radical (unpaired) electrons. The monoisotopic (exact) mass is 294 g/mol. The van der Waals surface area contributed by atoms with Gasteiger partial charge in [0.15, 0.2) is 0 Å². The Balaban J connectivity index is 3.12. The van der Waals surface area contributed by atoms with Crippen LogP contribution in [-0.4, -0.2) is 50.3 Å². The molecule has 6 heteroatoms. The first-order chi connectivity index (χ1) is 8.81. The summed E-state index contributed by atoms with van der Waals surface area (Å²) in [5, 5.41) is 6.17. The van der Waals surface area contributed by atoms with E-state index in [0.717, 1.165) is 50.8 Å². The van der Waals surface area contributed by atoms with Gasteiger partial charge in [-0.25, -0.2) is 0 Å². The van der Waals surface area contributed by atoms with Crippen molar-refractivity contribution in [3.8, 4) is 0 Å². The summed E-state index contributed by atoms with van der Waals surface area (Å²) in [5.74, 6) is 2.12. The van der Waals surface area contributed by atoms with Crippen LogP contribution >= 0.6 is 21.6 Å². The Morgan fingerprint density at radius 1 is 1.17 bits per heavy atom. The minimum Gasteiger partial charge on any atom is -0.382 e. The van der Waals surface area contributed by atoms with Gasteiger partial charge in [-0.1, -0.05) is 28.5 Å². The summed E-state index contributed by atoms with van der Waals surface area (Å²) in [6, 6.07) is 0. The van der Waals surface area contributed by atoms with Crippen LogP contribution in [-0.2, 0) is 9.53 Å². The smallest absolute Gasteiger partial charge is 0.220 e. The first-order valence-electron chi connectivity index (χ1n) is 6.60. The fourth-order valence-electron chi connectivity index (χ4n) is 1.18. The van der Waals surface area contributed by atoms with Gasteiger partial charge in [0.05, 0.1) is 0 Å². The van der Waals surface area contributed by atoms with Gasteiger partial charge in [0.1, 0.15) is 0 Å². The molecule has 0 aliphatic heterocycles. The van der Waals surface area contributed by atoms with Gasteiger partial charge in [-0.05, 0) is 19.9 Å². The molecule has 0 atom stereocenters. The van der Waals surface area contributed by atoms with Crippen LogP contribution in [0, 0.1) is 0 Å². The molecule has 0 aliphatic rings. The SMILES string of the molecule is CCNCCSSCCC(=O)NCCCOCC. The molecule has 0 aliphatic carbocycles. The summed E-state index contributed by atoms with van der Waals surface area (Å²) in [5.41, 5.74) is 0. The van der Waals surface area contributed by atoms with E-state index >= 15 is 0 Å². The molecule has 0 fully saturated rings. The Kier molecular flexibility index (Phi) is 15.2. The molecule has 0 aromatic rings. The Hall–Kier alpha value is 0.0900. The van der Waals surface area contributed by atoms with Gasteiger partial charge in [-0.2, -0.15) is 0 Å². The van der Waals surface area contributed by atoms with E-state index in [4.69, 9.17) is 4.74 Å². The van der Waals surface area contributed by atoms with Crippen molar-refractivity contribution in [2.75, 3.05) is 44.4 Å². The minimum atomic E-state index is 0.145. The van der Waals surface area contributed by atoms with Crippen molar-refractivity contribution in [3.63, 3.8) is 0 Å². The Labute approximate surface area is 119 Å². The summed E-state index contributed by atoms with van der Waals surface area (Å²) in [6.45, 7) is 8.34. The lowest BCUT2D eigenvalue weighted by Crippen LogP contribution is -2.25. The highest BCUT2D eigenvalue weighted by atomic mass is 33.1. The zero-order valence-corrected chi connectivity index (χ0v) is 13.1. The molecule has 0 bridgehead atoms. The van der Waals surface area contributed by atoms with Gasteiger partial charge >= 0.3 is 0 Å². The average molecular weight is 294 g/mol. The topological polar surface area (TPSA) is 50.4 Å². The number of hydrogen-bond donors (Lipinski definition) is 2. The predicted octanol–water partition coefficient (Wildman–Crippen LogP) is 1.91. The maximum Gasteiger partial charge on any atom is 0.220 e. The van der Waals surface area contributed by atoms with Gasteiger partial charge in [0.25, 0.3) is 0 Å². The molecule has 0 saturated carbocycles. The van der Waals surface area contributed by atoms with Crippen LogP contribution in [0.4, 0.5) is 0 Å². The summed E-state index contributed by atoms with van der Waals surface area (Å²) in [7, 11) is 3.59. The van der Waals surface area contributed by atoms with Crippen LogP contribution in [0.3, 0.4) is 0 Å². The quantitative estimate of drug-likeness (QED) is 0.401. The van der Waals surface area contributed by atoms with Crippen molar-refractivity contribution in [3.05, 3.63) is 0 Å². The summed E-state index contributed by atoms with van der Waals surface area (Å²) in [6.07, 6.45) is 1.50. The molecule has 18 heavy (non-hydrogen) atoms. The number of hydrogen-bond acceptors (Lipinski definition) is 5. The summed E-state index contributed by atoms with van der Waals surface area (Å²) >= 11 is 0. The van der Waals surface area contributed by atoms with E-state index in [-0.39, 0.29) is 5.91 Å². The van der Waals surface area contributed by atoms with E-state index < -0.39 is 0 Å². The van der Waals surface area contributed by atoms with Crippen molar-refractivity contribution < 1.29 is 9.53 Å². The lowest BCUT2D eigenvalue weighted by molar-refractivity contribution is -0.120. The van der Waals surface area contributed by atoms with Crippen molar-refractivity contribution in [1.29, 1.82) is 0 Å². The number of amides is 1. The fourth-order valence-corrected chi connectivity index (χ4v) is 3.12. The van der Waals surface area contributed by atoms with Crippen LogP contribution < -0.4 is 10.6 Å². The van der Waals surface area contributed by atoms with Gasteiger partial charge in [0, 0.05) is 44.2 Å². The predicted molar refractivity (Wildman–Crippen MR) is 82.2 cm³/mol. The largest absolute Gasteiger partial charge is 0.382 e. The van der Waals surface area contributed by atoms with Crippen LogP contribution in [0.2, 0.25) is 0 Å². The van der Waals surface area contributed by atoms with E-state index in [1.54, 1.807) is 10.8 Å². The molecular weight excluding hydrogens is 268 g/mol. The highest BCUT2D eigenvalue weighted by Crippen LogP contribution is 2.20. The molecule has 0 heterocycles. The molecule has 0 unspecified atom stereocenters. The minimum absolute atomic E-state index is 0.145. The van der Waals surface area contributed by atoms with Gasteiger partial charge in [0.2, 0.25) is 5.91 Å². The molecule has 0 aromatic carbocycles. The van der Waals surface area contributed by atoms with Crippen molar-refractivity contribution >= 4 is 27.5 Å². The molecule has 0 spiro atoms. The summed E-state index contributed by atoms with van der Waals surface area (Å²) < 4.78 is 5.20. The maximum absolute atomic E-state index is 11.4. The third kappa shape index (κ3) is 14.2. The second kappa shape index (κ2) is 15.1. The highest BCUT2D eigenvalue weighted by Gasteiger charge is 2.00. The number of carbonyl (C=O) groups excluding carboxylic acids is 1. The zero-order valence-electron chi connectivity index (χ0n) is 11.5. The van der Waals surface area contributed by atoms with E-state index in [2.05, 4.69) is 17.6 Å². The van der Waals surface area contributed by atoms with Gasteiger partial charge < -0.3 is 15.4 Å². The summed E-state index contributed by atoms with van der Waals surface area (Å²) in [4.78, 5) is 11.4. The van der Waals surface area contributed by atoms with Crippen LogP contribution in [0.5, 0.6) is 0 Å². The third-order valence-corrected chi connectivity index (χ3v) is 4.51. The van der Waals surface area contributed by atoms with Crippen LogP contribution in [0.15, 0.2) is 0 Å². The molecule has 0 rings (SSSR count). The second-order valence-corrected chi connectivity index (χ2v) is 6.35. The average Bonchev–Trinajstić information content (AvgIpc) is 2.37. The number of carbonyl (C=O) groups is 1. The standard InChI is InChI=1S/C12H26N2O2S2/c1-3-13-8-11-18-17-10-6-12(15)14-7-5-9-16-4-2/h13H,3-11H2,1-2H3,(H,14,15). The van der Waals surface area contributed by atoms with Crippen molar-refractivity contribution in [2.24, 2.45) is 0 Å². The molecule has 1 amide bonds. The lowest BCUT2D eigenvalue weighted by Gasteiger charge is -2.05. The zero-order chi connectivity index (χ0) is 13.5. The normalized spacial score (nSPS) is 10.6. The van der Waals surface area contributed by atoms with E-state index in [9.17, 15) is 4.79 Å². The Morgan fingerprint density at radius 3 is 2.67 bits per heavy atom. The molecular formula is C12H26N2O2S2. The lowest BCUT2D eigenvalue weighted by atomic mass is 10.4. The number of ether oxygens (including phenoxy) is 1.